The smallest absolute Gasteiger partial charge is 0.271 e. The van der Waals surface area contributed by atoms with E-state index in [4.69, 9.17) is 0 Å². The summed E-state index contributed by atoms with van der Waals surface area (Å²) in [6, 6.07) is 15.7. The van der Waals surface area contributed by atoms with Crippen LogP contribution < -0.4 is 10.7 Å². The van der Waals surface area contributed by atoms with E-state index in [0.717, 1.165) is 12.1 Å². The Labute approximate surface area is 148 Å². The van der Waals surface area contributed by atoms with E-state index in [-0.39, 0.29) is 11.8 Å². The second kappa shape index (κ2) is 8.78. The number of nitrogens with zero attached hydrogens (tertiary/aromatic N) is 1. The average Bonchev–Trinajstić information content (AvgIpc) is 2.60. The molecule has 5 heteroatoms. The maximum Gasteiger partial charge on any atom is 0.271 e. The van der Waals surface area contributed by atoms with Gasteiger partial charge in [0.2, 0.25) is 0 Å². The minimum absolute atomic E-state index is 0.188. The Morgan fingerprint density at radius 1 is 0.920 bits per heavy atom. The number of hydrogen-bond acceptors (Lipinski definition) is 3. The molecular weight excluding hydrogens is 314 g/mol. The number of carbonyl (C=O) groups is 2. The predicted octanol–water partition coefficient (Wildman–Crippen LogP) is 4.09. The van der Waals surface area contributed by atoms with Gasteiger partial charge in [0.05, 0.1) is 0 Å². The van der Waals surface area contributed by atoms with Crippen molar-refractivity contribution in [2.24, 2.45) is 11.0 Å². The van der Waals surface area contributed by atoms with Crippen molar-refractivity contribution in [1.29, 1.82) is 0 Å². The Morgan fingerprint density at radius 2 is 1.52 bits per heavy atom. The van der Waals surface area contributed by atoms with Crippen molar-refractivity contribution < 1.29 is 9.59 Å². The van der Waals surface area contributed by atoms with Gasteiger partial charge in [-0.25, -0.2) is 5.43 Å². The van der Waals surface area contributed by atoms with Crippen LogP contribution in [0.5, 0.6) is 0 Å². The van der Waals surface area contributed by atoms with E-state index in [1.165, 1.54) is 0 Å². The molecule has 0 radical (unpaired) electrons. The molecule has 0 bridgehead atoms. The molecule has 0 fully saturated rings. The first-order valence-electron chi connectivity index (χ1n) is 8.25. The van der Waals surface area contributed by atoms with E-state index in [0.29, 0.717) is 22.7 Å². The zero-order valence-corrected chi connectivity index (χ0v) is 14.7. The SMILES string of the molecule is C/C(CC(C)C)=N\NC(=O)c1ccc(NC(=O)c2ccccc2)cc1. The Balaban J connectivity index is 1.95. The van der Waals surface area contributed by atoms with Crippen molar-refractivity contribution in [3.8, 4) is 0 Å². The minimum atomic E-state index is -0.274. The van der Waals surface area contributed by atoms with Gasteiger partial charge in [-0.05, 0) is 55.7 Å². The maximum absolute atomic E-state index is 12.1. The van der Waals surface area contributed by atoms with Gasteiger partial charge in [-0.3, -0.25) is 9.59 Å². The average molecular weight is 337 g/mol. The van der Waals surface area contributed by atoms with Crippen LogP contribution in [-0.2, 0) is 0 Å². The molecular formula is C20H23N3O2. The molecule has 0 aliphatic carbocycles. The third kappa shape index (κ3) is 5.88. The topological polar surface area (TPSA) is 70.6 Å². The lowest BCUT2D eigenvalue weighted by atomic mass is 10.1. The number of anilines is 1. The first-order chi connectivity index (χ1) is 12.0. The number of rotatable bonds is 6. The number of hydrazone groups is 1. The van der Waals surface area contributed by atoms with Crippen LogP contribution >= 0.6 is 0 Å². The summed E-state index contributed by atoms with van der Waals surface area (Å²) in [4.78, 5) is 24.2. The van der Waals surface area contributed by atoms with Crippen LogP contribution in [0.3, 0.4) is 0 Å². The summed E-state index contributed by atoms with van der Waals surface area (Å²) in [6.45, 7) is 6.09. The van der Waals surface area contributed by atoms with Crippen molar-refractivity contribution >= 4 is 23.2 Å². The maximum atomic E-state index is 12.1. The van der Waals surface area contributed by atoms with Crippen LogP contribution in [0.2, 0.25) is 0 Å². The van der Waals surface area contributed by atoms with E-state index in [9.17, 15) is 9.59 Å². The summed E-state index contributed by atoms with van der Waals surface area (Å²) in [6.07, 6.45) is 0.838. The van der Waals surface area contributed by atoms with Crippen LogP contribution in [0.4, 0.5) is 5.69 Å². The van der Waals surface area contributed by atoms with Crippen LogP contribution in [0.25, 0.3) is 0 Å². The monoisotopic (exact) mass is 337 g/mol. The highest BCUT2D eigenvalue weighted by Crippen LogP contribution is 2.11. The van der Waals surface area contributed by atoms with Crippen LogP contribution in [-0.4, -0.2) is 17.5 Å². The van der Waals surface area contributed by atoms with Gasteiger partial charge in [0.15, 0.2) is 0 Å². The number of carbonyl (C=O) groups excluding carboxylic acids is 2. The Hall–Kier alpha value is -2.95. The van der Waals surface area contributed by atoms with Gasteiger partial charge in [0, 0.05) is 22.5 Å². The second-order valence-electron chi connectivity index (χ2n) is 6.28. The minimum Gasteiger partial charge on any atom is -0.322 e. The van der Waals surface area contributed by atoms with Crippen molar-refractivity contribution in [2.45, 2.75) is 27.2 Å². The highest BCUT2D eigenvalue weighted by Gasteiger charge is 2.08. The Kier molecular flexibility index (Phi) is 6.46. The van der Waals surface area contributed by atoms with Crippen molar-refractivity contribution in [3.63, 3.8) is 0 Å². The van der Waals surface area contributed by atoms with Crippen LogP contribution in [0.1, 0.15) is 47.9 Å². The quantitative estimate of drug-likeness (QED) is 0.615. The molecule has 130 valence electrons. The summed E-state index contributed by atoms with van der Waals surface area (Å²) >= 11 is 0. The molecule has 0 unspecified atom stereocenters. The fraction of sp³-hybridized carbons (Fsp3) is 0.250. The lowest BCUT2D eigenvalue weighted by Crippen LogP contribution is -2.19. The molecule has 2 aromatic carbocycles. The molecule has 0 saturated carbocycles. The predicted molar refractivity (Wildman–Crippen MR) is 101 cm³/mol. The van der Waals surface area contributed by atoms with Gasteiger partial charge in [-0.15, -0.1) is 0 Å². The van der Waals surface area contributed by atoms with Crippen LogP contribution in [0.15, 0.2) is 59.7 Å². The Bertz CT molecular complexity index is 750. The van der Waals surface area contributed by atoms with E-state index in [2.05, 4.69) is 29.7 Å². The third-order valence-corrected chi connectivity index (χ3v) is 3.49. The van der Waals surface area contributed by atoms with Gasteiger partial charge in [0.1, 0.15) is 0 Å². The highest BCUT2D eigenvalue weighted by atomic mass is 16.2. The summed E-state index contributed by atoms with van der Waals surface area (Å²) in [5.74, 6) is 0.0314. The summed E-state index contributed by atoms with van der Waals surface area (Å²) in [5.41, 5.74) is 5.13. The van der Waals surface area contributed by atoms with Gasteiger partial charge in [-0.1, -0.05) is 32.0 Å². The summed E-state index contributed by atoms with van der Waals surface area (Å²) in [7, 11) is 0. The lowest BCUT2D eigenvalue weighted by Gasteiger charge is -2.07. The van der Waals surface area contributed by atoms with E-state index >= 15 is 0 Å². The molecule has 0 heterocycles. The standard InChI is InChI=1S/C20H23N3O2/c1-14(2)13-15(3)22-23-20(25)17-9-11-18(12-10-17)21-19(24)16-7-5-4-6-8-16/h4-12,14H,13H2,1-3H3,(H,21,24)(H,23,25)/b22-15+. The highest BCUT2D eigenvalue weighted by molar-refractivity contribution is 6.04. The molecule has 0 aromatic heterocycles. The van der Waals surface area contributed by atoms with E-state index in [1.807, 2.05) is 25.1 Å². The normalized spacial score (nSPS) is 11.3. The first-order valence-corrected chi connectivity index (χ1v) is 8.25. The molecule has 0 spiro atoms. The van der Waals surface area contributed by atoms with E-state index < -0.39 is 0 Å². The number of benzene rings is 2. The molecule has 25 heavy (non-hydrogen) atoms. The fourth-order valence-electron chi connectivity index (χ4n) is 2.34. The van der Waals surface area contributed by atoms with Crippen molar-refractivity contribution in [1.82, 2.24) is 5.43 Å². The van der Waals surface area contributed by atoms with Crippen molar-refractivity contribution in [3.05, 3.63) is 65.7 Å². The van der Waals surface area contributed by atoms with E-state index in [1.54, 1.807) is 36.4 Å². The molecule has 2 rings (SSSR count). The number of hydrogen-bond donors (Lipinski definition) is 2. The zero-order valence-electron chi connectivity index (χ0n) is 14.7. The third-order valence-electron chi connectivity index (χ3n) is 3.49. The van der Waals surface area contributed by atoms with Gasteiger partial charge in [0.25, 0.3) is 11.8 Å². The molecule has 0 aliphatic rings. The van der Waals surface area contributed by atoms with Gasteiger partial charge < -0.3 is 5.32 Å². The van der Waals surface area contributed by atoms with Crippen LogP contribution in [0, 0.1) is 5.92 Å². The van der Waals surface area contributed by atoms with Crippen molar-refractivity contribution in [2.75, 3.05) is 5.32 Å². The molecule has 5 nitrogen and oxygen atoms in total. The summed E-state index contributed by atoms with van der Waals surface area (Å²) < 4.78 is 0. The molecule has 0 atom stereocenters. The number of amides is 2. The first kappa shape index (κ1) is 18.4. The fourth-order valence-corrected chi connectivity index (χ4v) is 2.34. The molecule has 2 aromatic rings. The lowest BCUT2D eigenvalue weighted by molar-refractivity contribution is 0.0954. The second-order valence-corrected chi connectivity index (χ2v) is 6.28. The van der Waals surface area contributed by atoms with Gasteiger partial charge >= 0.3 is 0 Å². The van der Waals surface area contributed by atoms with Gasteiger partial charge in [-0.2, -0.15) is 5.10 Å². The molecule has 0 saturated heterocycles. The zero-order chi connectivity index (χ0) is 18.2. The Morgan fingerprint density at radius 3 is 2.12 bits per heavy atom. The molecule has 2 N–H and O–H groups in total. The molecule has 2 amide bonds. The largest absolute Gasteiger partial charge is 0.322 e. The molecule has 0 aliphatic heterocycles. The summed E-state index contributed by atoms with van der Waals surface area (Å²) in [5, 5.41) is 6.90. The number of nitrogens with one attached hydrogen (secondary N) is 2.